The number of rotatable bonds is 18. The van der Waals surface area contributed by atoms with E-state index in [0.717, 1.165) is 48.8 Å². The molecule has 0 radical (unpaired) electrons. The van der Waals surface area contributed by atoms with Gasteiger partial charge in [0.2, 0.25) is 0 Å². The number of nitriles is 1. The van der Waals surface area contributed by atoms with Crippen molar-refractivity contribution in [1.29, 1.82) is 5.26 Å². The predicted molar refractivity (Wildman–Crippen MR) is 204 cm³/mol. The van der Waals surface area contributed by atoms with Crippen molar-refractivity contribution in [3.63, 3.8) is 0 Å². The zero-order valence-corrected chi connectivity index (χ0v) is 30.1. The van der Waals surface area contributed by atoms with Crippen LogP contribution in [0.15, 0.2) is 139 Å². The second-order valence-corrected chi connectivity index (χ2v) is 12.4. The summed E-state index contributed by atoms with van der Waals surface area (Å²) in [6, 6.07) is 40.7. The van der Waals surface area contributed by atoms with Crippen LogP contribution in [-0.2, 0) is 14.6 Å². The van der Waals surface area contributed by atoms with Crippen LogP contribution in [0.5, 0.6) is 17.2 Å². The van der Waals surface area contributed by atoms with E-state index in [9.17, 15) is 19.6 Å². The number of carbonyl (C=O) groups excluding carboxylic acids is 3. The lowest BCUT2D eigenvalue weighted by Gasteiger charge is -2.11. The molecule has 5 aromatic rings. The van der Waals surface area contributed by atoms with Crippen LogP contribution in [-0.4, -0.2) is 31.1 Å². The number of nitrogens with zero attached hydrogens (tertiary/aromatic N) is 1. The molecule has 0 heterocycles. The average Bonchev–Trinajstić information content (AvgIpc) is 3.20. The lowest BCUT2D eigenvalue weighted by atomic mass is 9.93. The van der Waals surface area contributed by atoms with Crippen LogP contribution in [0.2, 0.25) is 0 Å². The molecular weight excluding hydrogens is 682 g/mol. The monoisotopic (exact) mass is 723 g/mol. The number of esters is 2. The summed E-state index contributed by atoms with van der Waals surface area (Å²) >= 11 is 0. The number of hydrogen-bond acceptors (Lipinski definition) is 9. The summed E-state index contributed by atoms with van der Waals surface area (Å²) in [6.07, 6.45) is 5.49. The van der Waals surface area contributed by atoms with E-state index >= 15 is 0 Å². The molecule has 0 fully saturated rings. The maximum atomic E-state index is 12.8. The third-order valence-corrected chi connectivity index (χ3v) is 8.34. The van der Waals surface area contributed by atoms with E-state index in [0.29, 0.717) is 47.0 Å². The van der Waals surface area contributed by atoms with Crippen LogP contribution < -0.4 is 14.2 Å². The lowest BCUT2D eigenvalue weighted by molar-refractivity contribution is -0.268. The van der Waals surface area contributed by atoms with Gasteiger partial charge in [-0.2, -0.15) is 10.1 Å². The van der Waals surface area contributed by atoms with Gasteiger partial charge in [0.1, 0.15) is 28.9 Å². The SMILES string of the molecule is Cc1ccc(C(=O)Oc2ccc(OC(=O)c3ccc(OCCCCCCCCOOC(=O)C(C#N)=C(c4ccccc4)c4ccccc4)cc3)cc2)cc1. The minimum atomic E-state index is -0.822. The van der Waals surface area contributed by atoms with Gasteiger partial charge in [0.05, 0.1) is 24.3 Å². The summed E-state index contributed by atoms with van der Waals surface area (Å²) in [5.74, 6) is -0.479. The fourth-order valence-electron chi connectivity index (χ4n) is 5.45. The highest BCUT2D eigenvalue weighted by molar-refractivity contribution is 6.05. The number of unbranched alkanes of at least 4 members (excludes halogenated alkanes) is 5. The maximum absolute atomic E-state index is 12.8. The molecule has 0 aliphatic carbocycles. The van der Waals surface area contributed by atoms with Gasteiger partial charge < -0.3 is 14.2 Å². The first kappa shape index (κ1) is 38.7. The minimum Gasteiger partial charge on any atom is -0.494 e. The van der Waals surface area contributed by atoms with Gasteiger partial charge in [-0.05, 0) is 91.6 Å². The van der Waals surface area contributed by atoms with Crippen LogP contribution in [0.1, 0.15) is 75.9 Å². The minimum absolute atomic E-state index is 0.118. The van der Waals surface area contributed by atoms with Crippen LogP contribution in [0, 0.1) is 18.3 Å². The molecule has 0 N–H and O–H groups in total. The van der Waals surface area contributed by atoms with E-state index in [1.165, 1.54) is 0 Å². The molecular formula is C45H41NO8. The molecule has 0 aromatic heterocycles. The van der Waals surface area contributed by atoms with E-state index in [2.05, 4.69) is 0 Å². The van der Waals surface area contributed by atoms with Crippen molar-refractivity contribution in [3.05, 3.63) is 167 Å². The van der Waals surface area contributed by atoms with Gasteiger partial charge in [0, 0.05) is 5.57 Å². The summed E-state index contributed by atoms with van der Waals surface area (Å²) in [5, 5.41) is 9.84. The van der Waals surface area contributed by atoms with Crippen molar-refractivity contribution in [3.8, 4) is 23.3 Å². The zero-order chi connectivity index (χ0) is 38.0. The van der Waals surface area contributed by atoms with Crippen molar-refractivity contribution < 1.29 is 38.4 Å². The fourth-order valence-corrected chi connectivity index (χ4v) is 5.45. The van der Waals surface area contributed by atoms with Crippen molar-refractivity contribution in [2.24, 2.45) is 0 Å². The molecule has 0 atom stereocenters. The molecule has 0 bridgehead atoms. The Hall–Kier alpha value is -6.50. The lowest BCUT2D eigenvalue weighted by Crippen LogP contribution is -2.11. The summed E-state index contributed by atoms with van der Waals surface area (Å²) in [6.45, 7) is 2.73. The van der Waals surface area contributed by atoms with Gasteiger partial charge in [0.15, 0.2) is 0 Å². The molecule has 0 saturated heterocycles. The molecule has 9 heteroatoms. The molecule has 0 spiro atoms. The molecule has 54 heavy (non-hydrogen) atoms. The van der Waals surface area contributed by atoms with Gasteiger partial charge >= 0.3 is 17.9 Å². The highest BCUT2D eigenvalue weighted by Crippen LogP contribution is 2.28. The Labute approximate surface area is 315 Å². The molecule has 0 saturated carbocycles. The highest BCUT2D eigenvalue weighted by atomic mass is 17.2. The van der Waals surface area contributed by atoms with Gasteiger partial charge in [0.25, 0.3) is 0 Å². The quantitative estimate of drug-likeness (QED) is 0.0165. The van der Waals surface area contributed by atoms with Crippen molar-refractivity contribution >= 4 is 23.5 Å². The van der Waals surface area contributed by atoms with Gasteiger partial charge in [-0.25, -0.2) is 14.4 Å². The fraction of sp³-hybridized carbons (Fsp3) is 0.200. The van der Waals surface area contributed by atoms with Crippen molar-refractivity contribution in [2.45, 2.75) is 45.4 Å². The van der Waals surface area contributed by atoms with Crippen LogP contribution >= 0.6 is 0 Å². The summed E-state index contributed by atoms with van der Waals surface area (Å²) in [7, 11) is 0. The third kappa shape index (κ3) is 11.8. The largest absolute Gasteiger partial charge is 0.494 e. The first-order chi connectivity index (χ1) is 26.4. The van der Waals surface area contributed by atoms with E-state index in [-0.39, 0.29) is 12.2 Å². The van der Waals surface area contributed by atoms with Crippen LogP contribution in [0.4, 0.5) is 0 Å². The van der Waals surface area contributed by atoms with E-state index in [1.54, 1.807) is 60.7 Å². The second kappa shape index (κ2) is 20.5. The van der Waals surface area contributed by atoms with Crippen molar-refractivity contribution in [1.82, 2.24) is 0 Å². The Morgan fingerprint density at radius 2 is 0.963 bits per heavy atom. The molecule has 5 rings (SSSR count). The summed E-state index contributed by atoms with van der Waals surface area (Å²) < 4.78 is 16.7. The summed E-state index contributed by atoms with van der Waals surface area (Å²) in [4.78, 5) is 48.0. The van der Waals surface area contributed by atoms with Crippen molar-refractivity contribution in [2.75, 3.05) is 13.2 Å². The Bertz CT molecular complexity index is 1990. The third-order valence-electron chi connectivity index (χ3n) is 8.34. The van der Waals surface area contributed by atoms with E-state index < -0.39 is 17.9 Å². The van der Waals surface area contributed by atoms with Crippen LogP contribution in [0.3, 0.4) is 0 Å². The number of hydrogen-bond donors (Lipinski definition) is 0. The topological polar surface area (TPSA) is 121 Å². The highest BCUT2D eigenvalue weighted by Gasteiger charge is 2.21. The Kier molecular flexibility index (Phi) is 14.7. The Balaban J connectivity index is 0.934. The smallest absolute Gasteiger partial charge is 0.384 e. The Morgan fingerprint density at radius 1 is 0.519 bits per heavy atom. The first-order valence-corrected chi connectivity index (χ1v) is 17.8. The molecule has 0 aliphatic rings. The predicted octanol–water partition coefficient (Wildman–Crippen LogP) is 9.65. The number of aryl methyl sites for hydroxylation is 1. The standard InChI is InChI=1S/C45H41NO8/c1-33-18-20-36(21-19-33)43(47)52-39-26-28-40(29-27-39)53-44(48)37-22-24-38(25-23-37)50-30-12-4-2-3-5-13-31-51-54-45(49)41(32-46)42(34-14-8-6-9-15-34)35-16-10-7-11-17-35/h6-11,14-29H,2-5,12-13,30-31H2,1H3. The Morgan fingerprint density at radius 3 is 1.46 bits per heavy atom. The number of carbonyl (C=O) groups is 3. The normalized spacial score (nSPS) is 10.4. The number of ether oxygens (including phenoxy) is 3. The maximum Gasteiger partial charge on any atom is 0.384 e. The van der Waals surface area contributed by atoms with Gasteiger partial charge in [-0.3, -0.25) is 4.89 Å². The molecule has 9 nitrogen and oxygen atoms in total. The van der Waals surface area contributed by atoms with Gasteiger partial charge in [-0.1, -0.05) is 104 Å². The zero-order valence-electron chi connectivity index (χ0n) is 30.1. The average molecular weight is 724 g/mol. The first-order valence-electron chi connectivity index (χ1n) is 17.8. The van der Waals surface area contributed by atoms with E-state index in [1.807, 2.05) is 85.8 Å². The molecule has 274 valence electrons. The molecule has 5 aromatic carbocycles. The molecule has 0 aliphatic heterocycles. The number of benzene rings is 5. The van der Waals surface area contributed by atoms with E-state index in [4.69, 9.17) is 24.0 Å². The van der Waals surface area contributed by atoms with Crippen LogP contribution in [0.25, 0.3) is 5.57 Å². The van der Waals surface area contributed by atoms with Gasteiger partial charge in [-0.15, -0.1) is 0 Å². The molecule has 0 unspecified atom stereocenters. The molecule has 0 amide bonds. The second-order valence-electron chi connectivity index (χ2n) is 12.4. The summed E-state index contributed by atoms with van der Waals surface area (Å²) in [5.41, 5.74) is 3.72.